The number of nitrogens with one attached hydrogen (secondary N) is 1. The van der Waals surface area contributed by atoms with E-state index >= 15 is 0 Å². The first kappa shape index (κ1) is 18.1. The largest absolute Gasteiger partial charge is 0.345 e. The predicted octanol–water partition coefficient (Wildman–Crippen LogP) is 2.32. The zero-order valence-corrected chi connectivity index (χ0v) is 15.1. The maximum Gasteiger partial charge on any atom is 0.251 e. The molecule has 1 aliphatic heterocycles. The Balaban J connectivity index is 1.72. The monoisotopic (exact) mass is 351 g/mol. The van der Waals surface area contributed by atoms with Crippen LogP contribution in [0.5, 0.6) is 0 Å². The third kappa shape index (κ3) is 4.70. The number of carbonyl (C=O) groups is 2. The number of rotatable bonds is 5. The first-order chi connectivity index (χ1) is 12.6. The number of nitrogens with zero attached hydrogens (tertiary/aromatic N) is 2. The molecule has 3 rings (SSSR count). The Hall–Kier alpha value is -2.66. The van der Waals surface area contributed by atoms with E-state index in [1.54, 1.807) is 12.1 Å². The first-order valence-electron chi connectivity index (χ1n) is 9.00. The molecule has 1 atom stereocenters. The van der Waals surface area contributed by atoms with E-state index in [2.05, 4.69) is 17.3 Å². The summed E-state index contributed by atoms with van der Waals surface area (Å²) in [6.07, 6.45) is 0.270. The van der Waals surface area contributed by atoms with Crippen LogP contribution in [0.3, 0.4) is 0 Å². The summed E-state index contributed by atoms with van der Waals surface area (Å²) in [6, 6.07) is 18.5. The zero-order chi connectivity index (χ0) is 18.4. The lowest BCUT2D eigenvalue weighted by Crippen LogP contribution is -2.48. The van der Waals surface area contributed by atoms with E-state index in [4.69, 9.17) is 0 Å². The van der Waals surface area contributed by atoms with Gasteiger partial charge >= 0.3 is 0 Å². The molecule has 1 unspecified atom stereocenters. The van der Waals surface area contributed by atoms with Gasteiger partial charge in [0, 0.05) is 31.7 Å². The van der Waals surface area contributed by atoms with Crippen LogP contribution in [0, 0.1) is 0 Å². The van der Waals surface area contributed by atoms with Gasteiger partial charge in [-0.1, -0.05) is 48.5 Å². The van der Waals surface area contributed by atoms with Crippen LogP contribution in [-0.4, -0.2) is 54.8 Å². The fraction of sp³-hybridized carbons (Fsp3) is 0.333. The van der Waals surface area contributed by atoms with Crippen LogP contribution >= 0.6 is 0 Å². The summed E-state index contributed by atoms with van der Waals surface area (Å²) in [5, 5.41) is 3.03. The standard InChI is InChI=1S/C21H25N3O2/c1-23-12-14-24(15-13-23)20(25)16-19(17-8-4-2-5-9-17)22-21(26)18-10-6-3-7-11-18/h2-11,19H,12-16H2,1H3,(H,22,26). The summed E-state index contributed by atoms with van der Waals surface area (Å²) >= 11 is 0. The van der Waals surface area contributed by atoms with Crippen LogP contribution < -0.4 is 5.32 Å². The highest BCUT2D eigenvalue weighted by molar-refractivity contribution is 5.94. The van der Waals surface area contributed by atoms with E-state index in [9.17, 15) is 9.59 Å². The summed E-state index contributed by atoms with van der Waals surface area (Å²) in [5.74, 6) is -0.0778. The minimum atomic E-state index is -0.337. The van der Waals surface area contributed by atoms with Crippen LogP contribution in [0.15, 0.2) is 60.7 Å². The molecule has 5 nitrogen and oxygen atoms in total. The van der Waals surface area contributed by atoms with Crippen molar-refractivity contribution in [3.8, 4) is 0 Å². The van der Waals surface area contributed by atoms with E-state index in [1.165, 1.54) is 0 Å². The third-order valence-corrected chi connectivity index (χ3v) is 4.78. The maximum atomic E-state index is 12.8. The minimum Gasteiger partial charge on any atom is -0.345 e. The summed E-state index contributed by atoms with van der Waals surface area (Å²) in [5.41, 5.74) is 1.54. The Morgan fingerprint density at radius 3 is 2.12 bits per heavy atom. The van der Waals surface area contributed by atoms with E-state index in [0.717, 1.165) is 31.7 Å². The maximum absolute atomic E-state index is 12.8. The van der Waals surface area contributed by atoms with Crippen molar-refractivity contribution in [1.82, 2.24) is 15.1 Å². The van der Waals surface area contributed by atoms with Gasteiger partial charge in [0.25, 0.3) is 5.91 Å². The van der Waals surface area contributed by atoms with Crippen molar-refractivity contribution in [1.29, 1.82) is 0 Å². The van der Waals surface area contributed by atoms with Gasteiger partial charge in [0.05, 0.1) is 12.5 Å². The van der Waals surface area contributed by atoms with Crippen LogP contribution in [0.1, 0.15) is 28.4 Å². The molecule has 2 aromatic rings. The van der Waals surface area contributed by atoms with Gasteiger partial charge in [-0.3, -0.25) is 9.59 Å². The summed E-state index contributed by atoms with van der Waals surface area (Å²) in [7, 11) is 2.06. The topological polar surface area (TPSA) is 52.6 Å². The molecule has 0 aliphatic carbocycles. The molecule has 0 spiro atoms. The highest BCUT2D eigenvalue weighted by Gasteiger charge is 2.24. The van der Waals surface area contributed by atoms with E-state index < -0.39 is 0 Å². The second-order valence-corrected chi connectivity index (χ2v) is 6.69. The van der Waals surface area contributed by atoms with Gasteiger partial charge in [-0.05, 0) is 24.7 Å². The summed E-state index contributed by atoms with van der Waals surface area (Å²) < 4.78 is 0. The highest BCUT2D eigenvalue weighted by atomic mass is 16.2. The zero-order valence-electron chi connectivity index (χ0n) is 15.1. The van der Waals surface area contributed by atoms with E-state index in [1.807, 2.05) is 53.4 Å². The molecule has 5 heteroatoms. The van der Waals surface area contributed by atoms with Crippen molar-refractivity contribution in [3.63, 3.8) is 0 Å². The molecule has 2 amide bonds. The average molecular weight is 351 g/mol. The molecule has 1 heterocycles. The van der Waals surface area contributed by atoms with Crippen molar-refractivity contribution in [2.45, 2.75) is 12.5 Å². The second kappa shape index (κ2) is 8.63. The highest BCUT2D eigenvalue weighted by Crippen LogP contribution is 2.19. The van der Waals surface area contributed by atoms with Crippen LogP contribution in [0.2, 0.25) is 0 Å². The molecule has 0 saturated carbocycles. The number of benzene rings is 2. The van der Waals surface area contributed by atoms with Crippen LogP contribution in [-0.2, 0) is 4.79 Å². The lowest BCUT2D eigenvalue weighted by Gasteiger charge is -2.33. The van der Waals surface area contributed by atoms with Crippen molar-refractivity contribution in [2.75, 3.05) is 33.2 Å². The number of carbonyl (C=O) groups excluding carboxylic acids is 2. The molecule has 0 aromatic heterocycles. The van der Waals surface area contributed by atoms with Crippen LogP contribution in [0.25, 0.3) is 0 Å². The van der Waals surface area contributed by atoms with Gasteiger partial charge < -0.3 is 15.1 Å². The molecule has 2 aromatic carbocycles. The van der Waals surface area contributed by atoms with Gasteiger partial charge in [-0.15, -0.1) is 0 Å². The van der Waals surface area contributed by atoms with Crippen LogP contribution in [0.4, 0.5) is 0 Å². The first-order valence-corrected chi connectivity index (χ1v) is 9.00. The van der Waals surface area contributed by atoms with Crippen molar-refractivity contribution in [3.05, 3.63) is 71.8 Å². The molecule has 0 bridgehead atoms. The molecule has 1 fully saturated rings. The Bertz CT molecular complexity index is 725. The molecular weight excluding hydrogens is 326 g/mol. The Kier molecular flexibility index (Phi) is 6.02. The Morgan fingerprint density at radius 2 is 1.50 bits per heavy atom. The normalized spacial score (nSPS) is 16.1. The van der Waals surface area contributed by atoms with Crippen molar-refractivity contribution < 1.29 is 9.59 Å². The number of likely N-dealkylation sites (N-methyl/N-ethyl adjacent to an activating group) is 1. The summed E-state index contributed by atoms with van der Waals surface area (Å²) in [6.45, 7) is 3.25. The molecule has 136 valence electrons. The Labute approximate surface area is 154 Å². The lowest BCUT2D eigenvalue weighted by molar-refractivity contribution is -0.133. The minimum absolute atomic E-state index is 0.0836. The molecule has 0 radical (unpaired) electrons. The smallest absolute Gasteiger partial charge is 0.251 e. The number of hydrogen-bond acceptors (Lipinski definition) is 3. The van der Waals surface area contributed by atoms with Gasteiger partial charge in [0.1, 0.15) is 0 Å². The van der Waals surface area contributed by atoms with Crippen molar-refractivity contribution >= 4 is 11.8 Å². The quantitative estimate of drug-likeness (QED) is 0.899. The number of hydrogen-bond donors (Lipinski definition) is 1. The van der Waals surface area contributed by atoms with Gasteiger partial charge in [0.15, 0.2) is 0 Å². The second-order valence-electron chi connectivity index (χ2n) is 6.69. The summed E-state index contributed by atoms with van der Waals surface area (Å²) in [4.78, 5) is 29.5. The fourth-order valence-electron chi connectivity index (χ4n) is 3.13. The fourth-order valence-corrected chi connectivity index (χ4v) is 3.13. The van der Waals surface area contributed by atoms with Gasteiger partial charge in [-0.25, -0.2) is 0 Å². The molecular formula is C21H25N3O2. The molecule has 26 heavy (non-hydrogen) atoms. The van der Waals surface area contributed by atoms with Crippen molar-refractivity contribution in [2.24, 2.45) is 0 Å². The average Bonchev–Trinajstić information content (AvgIpc) is 2.69. The molecule has 1 aliphatic rings. The van der Waals surface area contributed by atoms with Gasteiger partial charge in [0.2, 0.25) is 5.91 Å². The molecule has 1 N–H and O–H groups in total. The molecule has 1 saturated heterocycles. The Morgan fingerprint density at radius 1 is 0.923 bits per heavy atom. The lowest BCUT2D eigenvalue weighted by atomic mass is 10.0. The number of amides is 2. The van der Waals surface area contributed by atoms with Gasteiger partial charge in [-0.2, -0.15) is 0 Å². The number of piperazine rings is 1. The van der Waals surface area contributed by atoms with E-state index in [0.29, 0.717) is 5.56 Å². The van der Waals surface area contributed by atoms with E-state index in [-0.39, 0.29) is 24.3 Å². The SMILES string of the molecule is CN1CCN(C(=O)CC(NC(=O)c2ccccc2)c2ccccc2)CC1. The third-order valence-electron chi connectivity index (χ3n) is 4.78. The predicted molar refractivity (Wildman–Crippen MR) is 102 cm³/mol.